The molecule has 4 nitrogen and oxygen atoms in total. The van der Waals surface area contributed by atoms with E-state index in [1.165, 1.54) is 0 Å². The van der Waals surface area contributed by atoms with E-state index in [2.05, 4.69) is 26.2 Å². The van der Waals surface area contributed by atoms with Gasteiger partial charge in [-0.3, -0.25) is 4.98 Å². The van der Waals surface area contributed by atoms with Gasteiger partial charge in [-0.2, -0.15) is 0 Å². The third-order valence-electron chi connectivity index (χ3n) is 3.14. The summed E-state index contributed by atoms with van der Waals surface area (Å²) in [6.45, 7) is 0. The zero-order valence-corrected chi connectivity index (χ0v) is 13.3. The fourth-order valence-corrected chi connectivity index (χ4v) is 2.70. The highest BCUT2D eigenvalue weighted by Gasteiger charge is 2.18. The van der Waals surface area contributed by atoms with E-state index in [1.807, 2.05) is 31.3 Å². The fourth-order valence-electron chi connectivity index (χ4n) is 2.15. The first-order valence-electron chi connectivity index (χ1n) is 6.19. The summed E-state index contributed by atoms with van der Waals surface area (Å²) in [5, 5.41) is 3.31. The van der Waals surface area contributed by atoms with Crippen LogP contribution in [-0.2, 0) is 0 Å². The van der Waals surface area contributed by atoms with Crippen LogP contribution in [0, 0.1) is 0 Å². The van der Waals surface area contributed by atoms with Gasteiger partial charge in [0.2, 0.25) is 0 Å². The van der Waals surface area contributed by atoms with E-state index in [0.717, 1.165) is 15.6 Å². The number of rotatable bonds is 5. The van der Waals surface area contributed by atoms with Gasteiger partial charge in [-0.25, -0.2) is 0 Å². The molecule has 1 aromatic carbocycles. The number of halogens is 1. The van der Waals surface area contributed by atoms with Crippen molar-refractivity contribution in [3.05, 3.63) is 52.3 Å². The van der Waals surface area contributed by atoms with E-state index in [9.17, 15) is 0 Å². The topological polar surface area (TPSA) is 43.4 Å². The van der Waals surface area contributed by atoms with E-state index in [4.69, 9.17) is 9.47 Å². The zero-order chi connectivity index (χ0) is 14.5. The van der Waals surface area contributed by atoms with Crippen molar-refractivity contribution >= 4 is 15.9 Å². The van der Waals surface area contributed by atoms with Crippen LogP contribution < -0.4 is 14.8 Å². The summed E-state index contributed by atoms with van der Waals surface area (Å²) in [4.78, 5) is 4.06. The lowest BCUT2D eigenvalue weighted by Crippen LogP contribution is -2.18. The molecule has 0 bridgehead atoms. The molecule has 106 valence electrons. The van der Waals surface area contributed by atoms with Crippen LogP contribution in [-0.4, -0.2) is 26.3 Å². The lowest BCUT2D eigenvalue weighted by atomic mass is 9.99. The zero-order valence-electron chi connectivity index (χ0n) is 11.7. The number of benzene rings is 1. The number of nitrogens with zero attached hydrogens (tertiary/aromatic N) is 1. The maximum atomic E-state index is 5.38. The molecule has 0 amide bonds. The summed E-state index contributed by atoms with van der Waals surface area (Å²) in [5.41, 5.74) is 2.21. The van der Waals surface area contributed by atoms with Crippen LogP contribution in [0.5, 0.6) is 11.5 Å². The molecule has 20 heavy (non-hydrogen) atoms. The first kappa shape index (κ1) is 14.8. The Hall–Kier alpha value is -1.59. The second-order valence-electron chi connectivity index (χ2n) is 4.23. The quantitative estimate of drug-likeness (QED) is 0.910. The molecule has 0 spiro atoms. The van der Waals surface area contributed by atoms with Crippen molar-refractivity contribution in [3.8, 4) is 11.5 Å². The molecule has 0 aliphatic heterocycles. The average Bonchev–Trinajstić information content (AvgIpc) is 2.50. The van der Waals surface area contributed by atoms with Crippen LogP contribution in [0.3, 0.4) is 0 Å². The Morgan fingerprint density at radius 2 is 1.70 bits per heavy atom. The van der Waals surface area contributed by atoms with Crippen molar-refractivity contribution in [1.82, 2.24) is 10.3 Å². The smallest absolute Gasteiger partial charge is 0.161 e. The third kappa shape index (κ3) is 2.94. The normalized spacial score (nSPS) is 12.0. The van der Waals surface area contributed by atoms with Gasteiger partial charge < -0.3 is 14.8 Å². The predicted octanol–water partition coefficient (Wildman–Crippen LogP) is 3.17. The molecule has 0 saturated heterocycles. The monoisotopic (exact) mass is 336 g/mol. The molecular weight excluding hydrogens is 320 g/mol. The Morgan fingerprint density at radius 3 is 2.25 bits per heavy atom. The molecule has 1 N–H and O–H groups in total. The highest BCUT2D eigenvalue weighted by atomic mass is 79.9. The van der Waals surface area contributed by atoms with Crippen molar-refractivity contribution in [2.75, 3.05) is 21.3 Å². The summed E-state index contributed by atoms with van der Waals surface area (Å²) in [6.07, 6.45) is 3.57. The minimum atomic E-state index is 0.0483. The first-order valence-corrected chi connectivity index (χ1v) is 6.99. The van der Waals surface area contributed by atoms with E-state index in [-0.39, 0.29) is 6.04 Å². The summed E-state index contributed by atoms with van der Waals surface area (Å²) in [7, 11) is 5.19. The van der Waals surface area contributed by atoms with Gasteiger partial charge in [0, 0.05) is 16.9 Å². The summed E-state index contributed by atoms with van der Waals surface area (Å²) in [5.74, 6) is 1.41. The fraction of sp³-hybridized carbons (Fsp3) is 0.267. The number of hydrogen-bond acceptors (Lipinski definition) is 4. The van der Waals surface area contributed by atoms with Gasteiger partial charge in [-0.1, -0.05) is 15.9 Å². The van der Waals surface area contributed by atoms with Crippen LogP contribution in [0.1, 0.15) is 17.2 Å². The van der Waals surface area contributed by atoms with Gasteiger partial charge in [0.05, 0.1) is 20.3 Å². The van der Waals surface area contributed by atoms with Gasteiger partial charge in [0.1, 0.15) is 0 Å². The number of pyridine rings is 1. The Morgan fingerprint density at radius 1 is 1.10 bits per heavy atom. The molecule has 0 saturated carbocycles. The molecule has 1 unspecified atom stereocenters. The summed E-state index contributed by atoms with van der Waals surface area (Å²) in [6, 6.07) is 7.92. The van der Waals surface area contributed by atoms with Crippen LogP contribution in [0.25, 0.3) is 0 Å². The van der Waals surface area contributed by atoms with Crippen molar-refractivity contribution in [1.29, 1.82) is 0 Å². The van der Waals surface area contributed by atoms with E-state index in [0.29, 0.717) is 11.5 Å². The minimum absolute atomic E-state index is 0.0483. The molecule has 0 aliphatic rings. The average molecular weight is 337 g/mol. The van der Waals surface area contributed by atoms with Crippen molar-refractivity contribution < 1.29 is 9.47 Å². The molecule has 0 fully saturated rings. The minimum Gasteiger partial charge on any atom is -0.493 e. The molecule has 2 rings (SSSR count). The molecular formula is C15H17BrN2O2. The summed E-state index contributed by atoms with van der Waals surface area (Å²) >= 11 is 3.60. The number of ether oxygens (including phenoxy) is 2. The SMILES string of the molecule is CNC(c1ccncc1)c1cc(OC)c(OC)cc1Br. The van der Waals surface area contributed by atoms with Crippen LogP contribution >= 0.6 is 15.9 Å². The van der Waals surface area contributed by atoms with Crippen molar-refractivity contribution in [2.24, 2.45) is 0 Å². The van der Waals surface area contributed by atoms with Crippen molar-refractivity contribution in [3.63, 3.8) is 0 Å². The molecule has 1 heterocycles. The van der Waals surface area contributed by atoms with E-state index in [1.54, 1.807) is 26.6 Å². The lowest BCUT2D eigenvalue weighted by molar-refractivity contribution is 0.354. The molecule has 2 aromatic rings. The highest BCUT2D eigenvalue weighted by molar-refractivity contribution is 9.10. The van der Waals surface area contributed by atoms with Gasteiger partial charge >= 0.3 is 0 Å². The summed E-state index contributed by atoms with van der Waals surface area (Å²) < 4.78 is 11.6. The number of hydrogen-bond donors (Lipinski definition) is 1. The first-order chi connectivity index (χ1) is 9.71. The van der Waals surface area contributed by atoms with E-state index < -0.39 is 0 Å². The maximum absolute atomic E-state index is 5.38. The Kier molecular flexibility index (Phi) is 4.98. The molecule has 0 aliphatic carbocycles. The third-order valence-corrected chi connectivity index (χ3v) is 3.83. The van der Waals surface area contributed by atoms with Crippen LogP contribution in [0.15, 0.2) is 41.1 Å². The van der Waals surface area contributed by atoms with Crippen molar-refractivity contribution in [2.45, 2.75) is 6.04 Å². The van der Waals surface area contributed by atoms with Gasteiger partial charge in [-0.05, 0) is 42.4 Å². The number of nitrogens with one attached hydrogen (secondary N) is 1. The van der Waals surface area contributed by atoms with Crippen LogP contribution in [0.4, 0.5) is 0 Å². The van der Waals surface area contributed by atoms with Crippen LogP contribution in [0.2, 0.25) is 0 Å². The molecule has 5 heteroatoms. The molecule has 0 radical (unpaired) electrons. The highest BCUT2D eigenvalue weighted by Crippen LogP contribution is 2.37. The number of methoxy groups -OCH3 is 2. The molecule has 1 aromatic heterocycles. The van der Waals surface area contributed by atoms with Gasteiger partial charge in [-0.15, -0.1) is 0 Å². The largest absolute Gasteiger partial charge is 0.493 e. The second-order valence-corrected chi connectivity index (χ2v) is 5.09. The Balaban J connectivity index is 2.50. The lowest BCUT2D eigenvalue weighted by Gasteiger charge is -2.20. The molecule has 1 atom stereocenters. The van der Waals surface area contributed by atoms with Gasteiger partial charge in [0.15, 0.2) is 11.5 Å². The maximum Gasteiger partial charge on any atom is 0.161 e. The number of aromatic nitrogens is 1. The Labute approximate surface area is 127 Å². The Bertz CT molecular complexity index is 576. The van der Waals surface area contributed by atoms with Gasteiger partial charge in [0.25, 0.3) is 0 Å². The van der Waals surface area contributed by atoms with E-state index >= 15 is 0 Å². The standard InChI is InChI=1S/C15H17BrN2O2/c1-17-15(10-4-6-18-7-5-10)11-8-13(19-2)14(20-3)9-12(11)16/h4-9,15,17H,1-3H3. The second kappa shape index (κ2) is 6.72. The predicted molar refractivity (Wildman–Crippen MR) is 82.4 cm³/mol.